The summed E-state index contributed by atoms with van der Waals surface area (Å²) >= 11 is 0. The lowest BCUT2D eigenvalue weighted by atomic mass is 9.77. The molecule has 0 unspecified atom stereocenters. The number of benzene rings is 2. The highest BCUT2D eigenvalue weighted by Gasteiger charge is 2.38. The molecule has 0 radical (unpaired) electrons. The van der Waals surface area contributed by atoms with E-state index in [4.69, 9.17) is 4.74 Å². The SMILES string of the molecule is C[C@@H]1C[C@H](c2ccccc2)[C@@H](c2ccccc2)C(=O)O1. The van der Waals surface area contributed by atoms with Gasteiger partial charge >= 0.3 is 5.97 Å². The second-order valence-corrected chi connectivity index (χ2v) is 5.39. The molecule has 0 spiro atoms. The Balaban J connectivity index is 2.01. The number of carbonyl (C=O) groups excluding carboxylic acids is 1. The van der Waals surface area contributed by atoms with Crippen molar-refractivity contribution in [1.82, 2.24) is 0 Å². The Morgan fingerprint density at radius 1 is 0.900 bits per heavy atom. The second-order valence-electron chi connectivity index (χ2n) is 5.39. The fraction of sp³-hybridized carbons (Fsp3) is 0.278. The minimum Gasteiger partial charge on any atom is -0.462 e. The molecule has 20 heavy (non-hydrogen) atoms. The molecule has 102 valence electrons. The van der Waals surface area contributed by atoms with Crippen molar-refractivity contribution in [3.63, 3.8) is 0 Å². The molecule has 0 aliphatic carbocycles. The summed E-state index contributed by atoms with van der Waals surface area (Å²) in [5, 5.41) is 0. The van der Waals surface area contributed by atoms with Gasteiger partial charge in [0.1, 0.15) is 0 Å². The van der Waals surface area contributed by atoms with Crippen LogP contribution >= 0.6 is 0 Å². The summed E-state index contributed by atoms with van der Waals surface area (Å²) in [5.74, 6) is -0.117. The first-order chi connectivity index (χ1) is 9.75. The van der Waals surface area contributed by atoms with E-state index in [0.717, 1.165) is 12.0 Å². The lowest BCUT2D eigenvalue weighted by Crippen LogP contribution is -2.34. The van der Waals surface area contributed by atoms with Gasteiger partial charge in [0.25, 0.3) is 0 Å². The summed E-state index contributed by atoms with van der Waals surface area (Å²) in [5.41, 5.74) is 2.25. The molecule has 0 amide bonds. The number of rotatable bonds is 2. The van der Waals surface area contributed by atoms with Crippen LogP contribution in [-0.2, 0) is 9.53 Å². The number of cyclic esters (lactones) is 1. The van der Waals surface area contributed by atoms with Crippen molar-refractivity contribution in [3.8, 4) is 0 Å². The third-order valence-corrected chi connectivity index (χ3v) is 3.95. The molecule has 0 N–H and O–H groups in total. The van der Waals surface area contributed by atoms with E-state index in [-0.39, 0.29) is 23.9 Å². The third-order valence-electron chi connectivity index (χ3n) is 3.95. The van der Waals surface area contributed by atoms with E-state index in [2.05, 4.69) is 12.1 Å². The van der Waals surface area contributed by atoms with Gasteiger partial charge in [-0.25, -0.2) is 0 Å². The zero-order valence-corrected chi connectivity index (χ0v) is 11.5. The van der Waals surface area contributed by atoms with E-state index in [1.165, 1.54) is 5.56 Å². The van der Waals surface area contributed by atoms with Crippen LogP contribution in [0.2, 0.25) is 0 Å². The average molecular weight is 266 g/mol. The Morgan fingerprint density at radius 2 is 1.45 bits per heavy atom. The van der Waals surface area contributed by atoms with Gasteiger partial charge in [-0.15, -0.1) is 0 Å². The average Bonchev–Trinajstić information content (AvgIpc) is 2.48. The first-order valence-electron chi connectivity index (χ1n) is 7.06. The molecule has 0 aromatic heterocycles. The second kappa shape index (κ2) is 5.49. The van der Waals surface area contributed by atoms with Crippen molar-refractivity contribution in [3.05, 3.63) is 71.8 Å². The highest BCUT2D eigenvalue weighted by Crippen LogP contribution is 2.41. The van der Waals surface area contributed by atoms with Crippen LogP contribution in [0.5, 0.6) is 0 Å². The summed E-state index contributed by atoms with van der Waals surface area (Å²) in [4.78, 5) is 12.4. The number of ether oxygens (including phenoxy) is 1. The first-order valence-corrected chi connectivity index (χ1v) is 7.06. The summed E-state index contributed by atoms with van der Waals surface area (Å²) in [6, 6.07) is 20.2. The molecule has 2 aromatic carbocycles. The highest BCUT2D eigenvalue weighted by molar-refractivity contribution is 5.80. The van der Waals surface area contributed by atoms with Crippen molar-refractivity contribution < 1.29 is 9.53 Å². The van der Waals surface area contributed by atoms with Gasteiger partial charge in [-0.05, 0) is 24.5 Å². The molecule has 2 aromatic rings. The Morgan fingerprint density at radius 3 is 2.05 bits per heavy atom. The van der Waals surface area contributed by atoms with Crippen molar-refractivity contribution in [2.45, 2.75) is 31.3 Å². The minimum absolute atomic E-state index is 0.0207. The van der Waals surface area contributed by atoms with E-state index in [1.807, 2.05) is 55.5 Å². The van der Waals surface area contributed by atoms with Gasteiger partial charge < -0.3 is 4.74 Å². The largest absolute Gasteiger partial charge is 0.462 e. The van der Waals surface area contributed by atoms with Crippen LogP contribution in [0.4, 0.5) is 0 Å². The molecule has 2 nitrogen and oxygen atoms in total. The maximum atomic E-state index is 12.4. The van der Waals surface area contributed by atoms with Crippen LogP contribution in [0, 0.1) is 0 Å². The Bertz CT molecular complexity index is 577. The van der Waals surface area contributed by atoms with Gasteiger partial charge in [-0.3, -0.25) is 4.79 Å². The van der Waals surface area contributed by atoms with E-state index in [9.17, 15) is 4.79 Å². The van der Waals surface area contributed by atoms with Crippen LogP contribution in [0.15, 0.2) is 60.7 Å². The van der Waals surface area contributed by atoms with Gasteiger partial charge in [0.15, 0.2) is 0 Å². The molecule has 1 heterocycles. The number of carbonyl (C=O) groups is 1. The molecule has 0 saturated carbocycles. The highest BCUT2D eigenvalue weighted by atomic mass is 16.5. The van der Waals surface area contributed by atoms with Crippen LogP contribution in [0.3, 0.4) is 0 Å². The van der Waals surface area contributed by atoms with E-state index < -0.39 is 0 Å². The monoisotopic (exact) mass is 266 g/mol. The molecule has 3 rings (SSSR count). The lowest BCUT2D eigenvalue weighted by molar-refractivity contribution is -0.156. The molecule has 1 aliphatic heterocycles. The third kappa shape index (κ3) is 2.46. The fourth-order valence-electron chi connectivity index (χ4n) is 3.04. The normalized spacial score (nSPS) is 26.1. The van der Waals surface area contributed by atoms with E-state index >= 15 is 0 Å². The van der Waals surface area contributed by atoms with Gasteiger partial charge in [0.05, 0.1) is 12.0 Å². The Kier molecular flexibility index (Phi) is 3.55. The predicted octanol–water partition coefficient (Wildman–Crippen LogP) is 3.89. The molecular weight excluding hydrogens is 248 g/mol. The molecule has 1 saturated heterocycles. The molecule has 2 heteroatoms. The minimum atomic E-state index is -0.199. The number of hydrogen-bond donors (Lipinski definition) is 0. The fourth-order valence-corrected chi connectivity index (χ4v) is 3.04. The molecular formula is C18H18O2. The maximum absolute atomic E-state index is 12.4. The Labute approximate surface area is 119 Å². The van der Waals surface area contributed by atoms with Gasteiger partial charge in [0.2, 0.25) is 0 Å². The zero-order chi connectivity index (χ0) is 13.9. The van der Waals surface area contributed by atoms with Gasteiger partial charge in [-0.2, -0.15) is 0 Å². The summed E-state index contributed by atoms with van der Waals surface area (Å²) in [6.07, 6.45) is 0.850. The predicted molar refractivity (Wildman–Crippen MR) is 78.5 cm³/mol. The van der Waals surface area contributed by atoms with Crippen molar-refractivity contribution in [1.29, 1.82) is 0 Å². The van der Waals surface area contributed by atoms with Crippen LogP contribution in [-0.4, -0.2) is 12.1 Å². The van der Waals surface area contributed by atoms with Gasteiger partial charge in [0, 0.05) is 5.92 Å². The first kappa shape index (κ1) is 12.9. The van der Waals surface area contributed by atoms with E-state index in [0.29, 0.717) is 0 Å². The smallest absolute Gasteiger partial charge is 0.314 e. The molecule has 1 aliphatic rings. The van der Waals surface area contributed by atoms with Crippen molar-refractivity contribution >= 4 is 5.97 Å². The maximum Gasteiger partial charge on any atom is 0.314 e. The molecule has 0 bridgehead atoms. The van der Waals surface area contributed by atoms with Crippen LogP contribution in [0.25, 0.3) is 0 Å². The number of esters is 1. The molecule has 3 atom stereocenters. The zero-order valence-electron chi connectivity index (χ0n) is 11.5. The van der Waals surface area contributed by atoms with Crippen molar-refractivity contribution in [2.75, 3.05) is 0 Å². The quantitative estimate of drug-likeness (QED) is 0.771. The van der Waals surface area contributed by atoms with Gasteiger partial charge in [-0.1, -0.05) is 60.7 Å². The Hall–Kier alpha value is -2.09. The summed E-state index contributed by atoms with van der Waals surface area (Å²) < 4.78 is 5.47. The topological polar surface area (TPSA) is 26.3 Å². The van der Waals surface area contributed by atoms with Crippen LogP contribution < -0.4 is 0 Å². The van der Waals surface area contributed by atoms with Crippen molar-refractivity contribution in [2.24, 2.45) is 0 Å². The molecule has 1 fully saturated rings. The lowest BCUT2D eigenvalue weighted by Gasteiger charge is -2.34. The number of hydrogen-bond acceptors (Lipinski definition) is 2. The standard InChI is InChI=1S/C18H18O2/c1-13-12-16(14-8-4-2-5-9-14)17(18(19)20-13)15-10-6-3-7-11-15/h2-11,13,16-17H,12H2,1H3/t13-,16-,17-/m1/s1. The summed E-state index contributed by atoms with van der Waals surface area (Å²) in [7, 11) is 0. The van der Waals surface area contributed by atoms with Crippen LogP contribution in [0.1, 0.15) is 36.3 Å². The van der Waals surface area contributed by atoms with E-state index in [1.54, 1.807) is 0 Å². The summed E-state index contributed by atoms with van der Waals surface area (Å²) in [6.45, 7) is 1.97.